The minimum atomic E-state index is -0.395. The first kappa shape index (κ1) is 13.7. The molecule has 0 bridgehead atoms. The average molecular weight is 275 g/mol. The first-order valence-corrected chi connectivity index (χ1v) is 7.72. The topological polar surface area (TPSA) is 20.3 Å². The molecule has 0 aromatic heterocycles. The van der Waals surface area contributed by atoms with Crippen molar-refractivity contribution in [2.24, 2.45) is 11.8 Å². The number of rotatable bonds is 8. The second kappa shape index (κ2) is 6.04. The lowest BCUT2D eigenvalue weighted by atomic mass is 10.1. The van der Waals surface area contributed by atoms with Gasteiger partial charge in [0.15, 0.2) is 5.78 Å². The Morgan fingerprint density at radius 1 is 1.10 bits per heavy atom. The SMILES string of the molecule is O=C(CCN(CC1CC1)CC1CC1)c1ccccc1F. The lowest BCUT2D eigenvalue weighted by Gasteiger charge is -2.21. The van der Waals surface area contributed by atoms with Crippen LogP contribution in [-0.2, 0) is 0 Å². The van der Waals surface area contributed by atoms with Gasteiger partial charge in [0, 0.05) is 26.1 Å². The molecule has 0 spiro atoms. The average Bonchev–Trinajstić information content (AvgIpc) is 3.32. The molecule has 0 atom stereocenters. The van der Waals surface area contributed by atoms with Gasteiger partial charge in [0.25, 0.3) is 0 Å². The van der Waals surface area contributed by atoms with Crippen molar-refractivity contribution in [3.05, 3.63) is 35.6 Å². The number of hydrogen-bond acceptors (Lipinski definition) is 2. The molecule has 3 heteroatoms. The van der Waals surface area contributed by atoms with E-state index in [2.05, 4.69) is 4.90 Å². The van der Waals surface area contributed by atoms with E-state index in [0.717, 1.165) is 31.5 Å². The molecule has 2 saturated carbocycles. The van der Waals surface area contributed by atoms with E-state index in [1.165, 1.54) is 31.7 Å². The van der Waals surface area contributed by atoms with Gasteiger partial charge in [-0.1, -0.05) is 12.1 Å². The minimum Gasteiger partial charge on any atom is -0.302 e. The second-order valence-electron chi connectivity index (χ2n) is 6.30. The molecule has 0 radical (unpaired) electrons. The van der Waals surface area contributed by atoms with Crippen molar-refractivity contribution >= 4 is 5.78 Å². The predicted molar refractivity (Wildman–Crippen MR) is 77.2 cm³/mol. The summed E-state index contributed by atoms with van der Waals surface area (Å²) in [5, 5.41) is 0. The number of Topliss-reactive ketones (excluding diaryl/α,β-unsaturated/α-hetero) is 1. The zero-order valence-corrected chi connectivity index (χ0v) is 11.9. The quantitative estimate of drug-likeness (QED) is 0.677. The largest absolute Gasteiger partial charge is 0.302 e. The van der Waals surface area contributed by atoms with E-state index in [-0.39, 0.29) is 11.3 Å². The van der Waals surface area contributed by atoms with Gasteiger partial charge in [-0.25, -0.2) is 4.39 Å². The van der Waals surface area contributed by atoms with Gasteiger partial charge in [0.2, 0.25) is 0 Å². The zero-order valence-electron chi connectivity index (χ0n) is 11.9. The Hall–Kier alpha value is -1.22. The Labute approximate surface area is 120 Å². The fourth-order valence-corrected chi connectivity index (χ4v) is 2.67. The van der Waals surface area contributed by atoms with E-state index in [4.69, 9.17) is 0 Å². The summed E-state index contributed by atoms with van der Waals surface area (Å²) in [6, 6.07) is 6.30. The summed E-state index contributed by atoms with van der Waals surface area (Å²) >= 11 is 0. The van der Waals surface area contributed by atoms with Gasteiger partial charge >= 0.3 is 0 Å². The molecule has 1 aromatic rings. The van der Waals surface area contributed by atoms with Crippen LogP contribution in [0, 0.1) is 17.7 Å². The van der Waals surface area contributed by atoms with Gasteiger partial charge in [0.05, 0.1) is 5.56 Å². The molecule has 0 heterocycles. The normalized spacial score (nSPS) is 18.5. The molecule has 0 unspecified atom stereocenters. The van der Waals surface area contributed by atoms with E-state index < -0.39 is 5.82 Å². The third kappa shape index (κ3) is 3.89. The van der Waals surface area contributed by atoms with E-state index in [1.807, 2.05) is 0 Å². The standard InChI is InChI=1S/C17H22FNO/c18-16-4-2-1-3-15(16)17(20)9-10-19(11-13-5-6-13)12-14-7-8-14/h1-4,13-14H,5-12H2. The Kier molecular flexibility index (Phi) is 4.16. The monoisotopic (exact) mass is 275 g/mol. The highest BCUT2D eigenvalue weighted by atomic mass is 19.1. The van der Waals surface area contributed by atoms with Gasteiger partial charge in [-0.3, -0.25) is 4.79 Å². The number of halogens is 1. The van der Waals surface area contributed by atoms with Crippen LogP contribution in [0.3, 0.4) is 0 Å². The van der Waals surface area contributed by atoms with Crippen LogP contribution in [0.5, 0.6) is 0 Å². The van der Waals surface area contributed by atoms with E-state index >= 15 is 0 Å². The van der Waals surface area contributed by atoms with Gasteiger partial charge in [-0.05, 0) is 49.7 Å². The highest BCUT2D eigenvalue weighted by Gasteiger charge is 2.29. The summed E-state index contributed by atoms with van der Waals surface area (Å²) in [4.78, 5) is 14.5. The van der Waals surface area contributed by atoms with Crippen molar-refractivity contribution in [1.29, 1.82) is 0 Å². The lowest BCUT2D eigenvalue weighted by molar-refractivity contribution is 0.0957. The molecule has 2 fully saturated rings. The molecule has 0 amide bonds. The summed E-state index contributed by atoms with van der Waals surface area (Å²) in [6.45, 7) is 3.03. The number of ketones is 1. The lowest BCUT2D eigenvalue weighted by Crippen LogP contribution is -2.30. The molecule has 2 aliphatic carbocycles. The summed E-state index contributed by atoms with van der Waals surface area (Å²) < 4.78 is 13.6. The first-order valence-electron chi connectivity index (χ1n) is 7.72. The van der Waals surface area contributed by atoms with Crippen LogP contribution in [0.15, 0.2) is 24.3 Å². The maximum atomic E-state index is 13.6. The Balaban J connectivity index is 1.52. The van der Waals surface area contributed by atoms with Crippen LogP contribution in [0.4, 0.5) is 4.39 Å². The minimum absolute atomic E-state index is 0.0697. The predicted octanol–water partition coefficient (Wildman–Crippen LogP) is 3.52. The van der Waals surface area contributed by atoms with E-state index in [1.54, 1.807) is 18.2 Å². The zero-order chi connectivity index (χ0) is 13.9. The van der Waals surface area contributed by atoms with Gasteiger partial charge in [-0.15, -0.1) is 0 Å². The second-order valence-corrected chi connectivity index (χ2v) is 6.30. The van der Waals surface area contributed by atoms with Gasteiger partial charge in [-0.2, -0.15) is 0 Å². The molecule has 108 valence electrons. The molecule has 2 aliphatic rings. The molecule has 0 saturated heterocycles. The molecule has 2 nitrogen and oxygen atoms in total. The molecule has 0 N–H and O–H groups in total. The van der Waals surface area contributed by atoms with Crippen molar-refractivity contribution in [3.63, 3.8) is 0 Å². The first-order chi connectivity index (χ1) is 9.72. The smallest absolute Gasteiger partial charge is 0.167 e. The molecule has 20 heavy (non-hydrogen) atoms. The Morgan fingerprint density at radius 2 is 1.70 bits per heavy atom. The molecular weight excluding hydrogens is 253 g/mol. The summed E-state index contributed by atoms with van der Waals surface area (Å²) in [5.41, 5.74) is 0.241. The van der Waals surface area contributed by atoms with Crippen molar-refractivity contribution < 1.29 is 9.18 Å². The van der Waals surface area contributed by atoms with Crippen LogP contribution in [0.1, 0.15) is 42.5 Å². The van der Waals surface area contributed by atoms with Crippen molar-refractivity contribution in [2.45, 2.75) is 32.1 Å². The van der Waals surface area contributed by atoms with Crippen molar-refractivity contribution in [1.82, 2.24) is 4.90 Å². The third-order valence-corrected chi connectivity index (χ3v) is 4.26. The number of hydrogen-bond donors (Lipinski definition) is 0. The number of carbonyl (C=O) groups excluding carboxylic acids is 1. The maximum Gasteiger partial charge on any atom is 0.167 e. The summed E-state index contributed by atoms with van der Waals surface area (Å²) in [6.07, 6.45) is 5.77. The van der Waals surface area contributed by atoms with Crippen molar-refractivity contribution in [2.75, 3.05) is 19.6 Å². The Bertz CT molecular complexity index is 466. The summed E-state index contributed by atoms with van der Waals surface area (Å²) in [7, 11) is 0. The van der Waals surface area contributed by atoms with Crippen LogP contribution in [0.2, 0.25) is 0 Å². The van der Waals surface area contributed by atoms with Crippen LogP contribution >= 0.6 is 0 Å². The number of nitrogens with zero attached hydrogens (tertiary/aromatic N) is 1. The summed E-state index contributed by atoms with van der Waals surface area (Å²) in [5.74, 6) is 1.22. The van der Waals surface area contributed by atoms with E-state index in [0.29, 0.717) is 6.42 Å². The fraction of sp³-hybridized carbons (Fsp3) is 0.588. The van der Waals surface area contributed by atoms with Gasteiger partial charge in [0.1, 0.15) is 5.82 Å². The van der Waals surface area contributed by atoms with Crippen LogP contribution in [0.25, 0.3) is 0 Å². The molecule has 0 aliphatic heterocycles. The van der Waals surface area contributed by atoms with Crippen molar-refractivity contribution in [3.8, 4) is 0 Å². The Morgan fingerprint density at radius 3 is 2.25 bits per heavy atom. The molecule has 1 aromatic carbocycles. The van der Waals surface area contributed by atoms with E-state index in [9.17, 15) is 9.18 Å². The molecule has 3 rings (SSSR count). The number of benzene rings is 1. The third-order valence-electron chi connectivity index (χ3n) is 4.26. The fourth-order valence-electron chi connectivity index (χ4n) is 2.67. The molecular formula is C17H22FNO. The number of carbonyl (C=O) groups is 1. The van der Waals surface area contributed by atoms with Crippen LogP contribution in [-0.4, -0.2) is 30.3 Å². The highest BCUT2D eigenvalue weighted by molar-refractivity contribution is 5.96. The van der Waals surface area contributed by atoms with Gasteiger partial charge < -0.3 is 4.90 Å². The maximum absolute atomic E-state index is 13.6. The highest BCUT2D eigenvalue weighted by Crippen LogP contribution is 2.33. The van der Waals surface area contributed by atoms with Crippen LogP contribution < -0.4 is 0 Å².